The van der Waals surface area contributed by atoms with Crippen molar-refractivity contribution in [1.29, 1.82) is 0 Å². The van der Waals surface area contributed by atoms with E-state index in [1.165, 1.54) is 63.3 Å². The second-order valence-corrected chi connectivity index (χ2v) is 12.6. The van der Waals surface area contributed by atoms with E-state index in [-0.39, 0.29) is 0 Å². The molecule has 2 heterocycles. The van der Waals surface area contributed by atoms with Gasteiger partial charge in [-0.25, -0.2) is 15.0 Å². The summed E-state index contributed by atoms with van der Waals surface area (Å²) in [5.74, 6) is 2.00. The molecular weight excluding hydrogens is 567 g/mol. The largest absolute Gasteiger partial charge is 0.208 e. The Morgan fingerprint density at radius 3 is 1.51 bits per heavy atom. The SMILES string of the molecule is c1ccc(-c2nc(-c3ccccc3)nc(-c3ccc4c5ccccc5c5cc4c3c3cccc4sc6cccc5c6c43)n2)cc1. The predicted octanol–water partition coefficient (Wildman–Crippen LogP) is 11.3. The van der Waals surface area contributed by atoms with Gasteiger partial charge in [-0.05, 0) is 62.0 Å². The number of hydrogen-bond donors (Lipinski definition) is 0. The fourth-order valence-corrected chi connectivity index (χ4v) is 8.27. The van der Waals surface area contributed by atoms with Crippen LogP contribution in [0.2, 0.25) is 0 Å². The number of fused-ring (bicyclic) bond motifs is 2. The Labute approximate surface area is 262 Å². The molecule has 0 amide bonds. The number of thiophene rings is 1. The van der Waals surface area contributed by atoms with E-state index in [0.717, 1.165) is 16.7 Å². The highest BCUT2D eigenvalue weighted by molar-refractivity contribution is 7.26. The fourth-order valence-electron chi connectivity index (χ4n) is 7.11. The summed E-state index contributed by atoms with van der Waals surface area (Å²) >= 11 is 1.87. The van der Waals surface area contributed by atoms with Crippen LogP contribution in [0.25, 0.3) is 97.4 Å². The first kappa shape index (κ1) is 24.7. The molecule has 0 saturated carbocycles. The molecule has 0 radical (unpaired) electrons. The molecule has 8 aromatic carbocycles. The van der Waals surface area contributed by atoms with Crippen LogP contribution < -0.4 is 0 Å². The molecule has 0 fully saturated rings. The summed E-state index contributed by atoms with van der Waals surface area (Å²) in [6.45, 7) is 0. The summed E-state index contributed by atoms with van der Waals surface area (Å²) in [4.78, 5) is 15.3. The molecule has 10 aromatic rings. The molecule has 0 aliphatic carbocycles. The molecule has 10 rings (SSSR count). The minimum absolute atomic E-state index is 0.665. The number of rotatable bonds is 3. The van der Waals surface area contributed by atoms with Gasteiger partial charge >= 0.3 is 0 Å². The smallest absolute Gasteiger partial charge is 0.164 e. The lowest BCUT2D eigenvalue weighted by Crippen LogP contribution is -2.00. The number of hydrogen-bond acceptors (Lipinski definition) is 4. The molecule has 0 aliphatic heterocycles. The number of nitrogens with zero attached hydrogens (tertiary/aromatic N) is 3. The quantitative estimate of drug-likeness (QED) is 0.192. The second-order valence-electron chi connectivity index (χ2n) is 11.6. The lowest BCUT2D eigenvalue weighted by molar-refractivity contribution is 1.08. The monoisotopic (exact) mass is 589 g/mol. The lowest BCUT2D eigenvalue weighted by atomic mass is 9.88. The molecule has 0 atom stereocenters. The third-order valence-electron chi connectivity index (χ3n) is 9.06. The zero-order chi connectivity index (χ0) is 29.5. The third-order valence-corrected chi connectivity index (χ3v) is 10.2. The molecule has 45 heavy (non-hydrogen) atoms. The second kappa shape index (κ2) is 9.39. The standard InChI is InChI=1S/C41H23N3S/c1-3-11-24(12-4-1)39-42-40(25-13-5-2-6-14-25)44-41(43-39)31-22-21-28-26-15-7-8-16-27(26)32-23-33(28)36(31)30-18-10-20-35-38(30)37-29(32)17-9-19-34(37)45-35/h1-23H. The molecule has 2 aromatic heterocycles. The normalized spacial score (nSPS) is 12.0. The van der Waals surface area contributed by atoms with Crippen molar-refractivity contribution in [3.63, 3.8) is 0 Å². The van der Waals surface area contributed by atoms with Gasteiger partial charge in [0.15, 0.2) is 17.5 Å². The average molecular weight is 590 g/mol. The zero-order valence-corrected chi connectivity index (χ0v) is 24.8. The van der Waals surface area contributed by atoms with E-state index in [2.05, 4.69) is 103 Å². The summed E-state index contributed by atoms with van der Waals surface area (Å²) in [5, 5.41) is 12.5. The first-order chi connectivity index (χ1) is 22.3. The van der Waals surface area contributed by atoms with Crippen LogP contribution >= 0.6 is 11.3 Å². The Hall–Kier alpha value is -5.71. The van der Waals surface area contributed by atoms with Crippen LogP contribution in [-0.4, -0.2) is 15.0 Å². The first-order valence-electron chi connectivity index (χ1n) is 15.1. The Balaban J connectivity index is 1.43. The molecular formula is C41H23N3S. The summed E-state index contributed by atoms with van der Waals surface area (Å²) < 4.78 is 2.59. The third kappa shape index (κ3) is 3.60. The predicted molar refractivity (Wildman–Crippen MR) is 190 cm³/mol. The van der Waals surface area contributed by atoms with Gasteiger partial charge in [-0.2, -0.15) is 0 Å². The average Bonchev–Trinajstić information content (AvgIpc) is 3.50. The van der Waals surface area contributed by atoms with Crippen molar-refractivity contribution in [3.05, 3.63) is 140 Å². The Morgan fingerprint density at radius 1 is 0.333 bits per heavy atom. The highest BCUT2D eigenvalue weighted by Gasteiger charge is 2.20. The van der Waals surface area contributed by atoms with E-state index in [4.69, 9.17) is 15.0 Å². The summed E-state index contributed by atoms with van der Waals surface area (Å²) in [6.07, 6.45) is 0. The van der Waals surface area contributed by atoms with Crippen LogP contribution in [0.1, 0.15) is 0 Å². The van der Waals surface area contributed by atoms with Gasteiger partial charge in [0.1, 0.15) is 0 Å². The van der Waals surface area contributed by atoms with Gasteiger partial charge in [-0.15, -0.1) is 11.3 Å². The van der Waals surface area contributed by atoms with Crippen molar-refractivity contribution in [2.24, 2.45) is 0 Å². The Kier molecular flexibility index (Phi) is 5.16. The summed E-state index contributed by atoms with van der Waals surface area (Å²) in [6, 6.07) is 49.6. The van der Waals surface area contributed by atoms with Crippen molar-refractivity contribution in [1.82, 2.24) is 15.0 Å². The van der Waals surface area contributed by atoms with E-state index in [1.54, 1.807) is 0 Å². The van der Waals surface area contributed by atoms with Crippen LogP contribution in [0.3, 0.4) is 0 Å². The van der Waals surface area contributed by atoms with Gasteiger partial charge in [0.25, 0.3) is 0 Å². The van der Waals surface area contributed by atoms with Gasteiger partial charge in [0, 0.05) is 42.2 Å². The molecule has 3 nitrogen and oxygen atoms in total. The molecule has 0 spiro atoms. The van der Waals surface area contributed by atoms with Crippen molar-refractivity contribution >= 4 is 74.6 Å². The molecule has 0 N–H and O–H groups in total. The number of aromatic nitrogens is 3. The van der Waals surface area contributed by atoms with Crippen molar-refractivity contribution in [2.45, 2.75) is 0 Å². The van der Waals surface area contributed by atoms with E-state index >= 15 is 0 Å². The Bertz CT molecular complexity index is 2690. The van der Waals surface area contributed by atoms with Crippen LogP contribution in [0.4, 0.5) is 0 Å². The topological polar surface area (TPSA) is 38.7 Å². The van der Waals surface area contributed by atoms with E-state index in [0.29, 0.717) is 17.5 Å². The van der Waals surface area contributed by atoms with E-state index in [9.17, 15) is 0 Å². The van der Waals surface area contributed by atoms with Gasteiger partial charge in [0.05, 0.1) is 0 Å². The van der Waals surface area contributed by atoms with Crippen molar-refractivity contribution in [2.75, 3.05) is 0 Å². The van der Waals surface area contributed by atoms with Crippen LogP contribution in [0, 0.1) is 0 Å². The van der Waals surface area contributed by atoms with Crippen molar-refractivity contribution < 1.29 is 0 Å². The Morgan fingerprint density at radius 2 is 0.844 bits per heavy atom. The highest BCUT2D eigenvalue weighted by Crippen LogP contribution is 2.47. The molecule has 0 unspecified atom stereocenters. The highest BCUT2D eigenvalue weighted by atomic mass is 32.1. The lowest BCUT2D eigenvalue weighted by Gasteiger charge is -2.16. The fraction of sp³-hybridized carbons (Fsp3) is 0. The summed E-state index contributed by atoms with van der Waals surface area (Å²) in [5.41, 5.74) is 2.93. The van der Waals surface area contributed by atoms with E-state index < -0.39 is 0 Å². The molecule has 4 bridgehead atoms. The van der Waals surface area contributed by atoms with Gasteiger partial charge < -0.3 is 0 Å². The zero-order valence-electron chi connectivity index (χ0n) is 24.0. The number of benzene rings is 7. The van der Waals surface area contributed by atoms with Crippen LogP contribution in [0.5, 0.6) is 0 Å². The van der Waals surface area contributed by atoms with Crippen molar-refractivity contribution in [3.8, 4) is 34.2 Å². The minimum atomic E-state index is 0.665. The van der Waals surface area contributed by atoms with Gasteiger partial charge in [-0.1, -0.05) is 115 Å². The van der Waals surface area contributed by atoms with E-state index in [1.807, 2.05) is 47.7 Å². The minimum Gasteiger partial charge on any atom is -0.208 e. The maximum absolute atomic E-state index is 5.18. The van der Waals surface area contributed by atoms with Gasteiger partial charge in [0.2, 0.25) is 0 Å². The summed E-state index contributed by atoms with van der Waals surface area (Å²) in [7, 11) is 0. The molecule has 4 heteroatoms. The van der Waals surface area contributed by atoms with Crippen LogP contribution in [-0.2, 0) is 0 Å². The molecule has 0 saturated heterocycles. The molecule has 0 aliphatic rings. The molecule has 208 valence electrons. The van der Waals surface area contributed by atoms with Gasteiger partial charge in [-0.3, -0.25) is 0 Å². The van der Waals surface area contributed by atoms with Crippen LogP contribution in [0.15, 0.2) is 140 Å². The maximum atomic E-state index is 5.18. The first-order valence-corrected chi connectivity index (χ1v) is 15.9. The maximum Gasteiger partial charge on any atom is 0.164 e.